The van der Waals surface area contributed by atoms with Gasteiger partial charge in [-0.05, 0) is 36.0 Å². The quantitative estimate of drug-likeness (QED) is 0.595. The highest BCUT2D eigenvalue weighted by atomic mass is 35.5. The summed E-state index contributed by atoms with van der Waals surface area (Å²) in [6.07, 6.45) is 4.06. The number of nitrogens with one attached hydrogen (secondary N) is 1. The van der Waals surface area contributed by atoms with Crippen LogP contribution in [-0.2, 0) is 7.05 Å². The van der Waals surface area contributed by atoms with Crippen molar-refractivity contribution in [3.63, 3.8) is 0 Å². The van der Waals surface area contributed by atoms with Crippen LogP contribution in [0.25, 0.3) is 11.3 Å². The van der Waals surface area contributed by atoms with Crippen molar-refractivity contribution in [3.05, 3.63) is 69.7 Å². The second kappa shape index (κ2) is 7.98. The fraction of sp³-hybridized carbons (Fsp3) is 0.318. The van der Waals surface area contributed by atoms with E-state index in [0.717, 1.165) is 6.20 Å². The maximum Gasteiger partial charge on any atom is 0.255 e. The average Bonchev–Trinajstić information content (AvgIpc) is 3.23. The third-order valence-electron chi connectivity index (χ3n) is 6.31. The van der Waals surface area contributed by atoms with Gasteiger partial charge in [-0.25, -0.2) is 14.4 Å². The van der Waals surface area contributed by atoms with E-state index in [2.05, 4.69) is 20.3 Å². The van der Waals surface area contributed by atoms with Crippen molar-refractivity contribution in [2.24, 2.45) is 24.8 Å². The fourth-order valence-corrected chi connectivity index (χ4v) is 4.54. The van der Waals surface area contributed by atoms with Crippen LogP contribution in [0.15, 0.2) is 47.7 Å². The summed E-state index contributed by atoms with van der Waals surface area (Å²) in [7, 11) is 1.62. The number of halogens is 2. The normalized spacial score (nSPS) is 21.3. The predicted octanol–water partition coefficient (Wildman–Crippen LogP) is 2.46. The number of hydrogen-bond donors (Lipinski definition) is 1. The van der Waals surface area contributed by atoms with E-state index >= 15 is 0 Å². The van der Waals surface area contributed by atoms with Crippen LogP contribution >= 0.6 is 11.6 Å². The fourth-order valence-electron chi connectivity index (χ4n) is 4.43. The van der Waals surface area contributed by atoms with Crippen LogP contribution in [0, 0.1) is 23.6 Å². The molecule has 2 aliphatic rings. The number of nitrogens with zero attached hydrogens (tertiary/aromatic N) is 5. The Bertz CT molecular complexity index is 1240. The number of carbonyl (C=O) groups is 1. The second-order valence-electron chi connectivity index (χ2n) is 8.17. The average molecular weight is 455 g/mol. The molecular weight excluding hydrogens is 435 g/mol. The summed E-state index contributed by atoms with van der Waals surface area (Å²) in [4.78, 5) is 39.0. The van der Waals surface area contributed by atoms with Gasteiger partial charge >= 0.3 is 0 Å². The van der Waals surface area contributed by atoms with E-state index in [-0.39, 0.29) is 22.7 Å². The molecule has 1 aliphatic heterocycles. The smallest absolute Gasteiger partial charge is 0.255 e. The Morgan fingerprint density at radius 1 is 1.25 bits per heavy atom. The molecule has 3 aromatic rings. The molecule has 2 atom stereocenters. The molecule has 8 nitrogen and oxygen atoms in total. The summed E-state index contributed by atoms with van der Waals surface area (Å²) < 4.78 is 15.5. The minimum Gasteiger partial charge on any atom is -0.355 e. The topological polar surface area (TPSA) is 93.0 Å². The summed E-state index contributed by atoms with van der Waals surface area (Å²) >= 11 is 5.79. The molecule has 1 aliphatic carbocycles. The Kier molecular flexibility index (Phi) is 5.13. The van der Waals surface area contributed by atoms with E-state index in [4.69, 9.17) is 11.6 Å². The van der Waals surface area contributed by atoms with Crippen molar-refractivity contribution < 1.29 is 9.18 Å². The standard InChI is InChI=1S/C22H20ClFN6O2/c1-29-20(31)6-18(13-4-5-25-9-17(13)24)28-22(29)27-8-14-15-10-30(11-16(14)15)21(32)12-2-3-19(23)26-7-12/h2-7,9,14-16H,8,10-11H2,1H3,(H,27,28). The minimum atomic E-state index is -0.531. The largest absolute Gasteiger partial charge is 0.355 e. The van der Waals surface area contributed by atoms with E-state index < -0.39 is 5.82 Å². The van der Waals surface area contributed by atoms with Crippen molar-refractivity contribution >= 4 is 23.5 Å². The molecule has 0 bridgehead atoms. The first-order chi connectivity index (χ1) is 15.4. The molecule has 5 rings (SSSR count). The molecule has 10 heteroatoms. The Morgan fingerprint density at radius 2 is 2.03 bits per heavy atom. The van der Waals surface area contributed by atoms with Crippen molar-refractivity contribution in [2.45, 2.75) is 0 Å². The van der Waals surface area contributed by atoms with E-state index in [1.54, 1.807) is 19.2 Å². The van der Waals surface area contributed by atoms with Crippen molar-refractivity contribution in [2.75, 3.05) is 25.0 Å². The first-order valence-electron chi connectivity index (χ1n) is 10.2. The number of anilines is 1. The van der Waals surface area contributed by atoms with Gasteiger partial charge in [-0.2, -0.15) is 0 Å². The lowest BCUT2D eigenvalue weighted by Gasteiger charge is -2.20. The number of fused-ring (bicyclic) bond motifs is 1. The van der Waals surface area contributed by atoms with Crippen LogP contribution < -0.4 is 10.9 Å². The van der Waals surface area contributed by atoms with E-state index in [9.17, 15) is 14.0 Å². The number of piperidine rings is 1. The van der Waals surface area contributed by atoms with Crippen molar-refractivity contribution in [3.8, 4) is 11.3 Å². The van der Waals surface area contributed by atoms with Crippen LogP contribution in [-0.4, -0.2) is 50.0 Å². The van der Waals surface area contributed by atoms with Gasteiger partial charge in [0.2, 0.25) is 5.95 Å². The maximum atomic E-state index is 14.1. The number of pyridine rings is 2. The molecule has 1 amide bonds. The lowest BCUT2D eigenvalue weighted by Crippen LogP contribution is -2.32. The summed E-state index contributed by atoms with van der Waals surface area (Å²) in [6, 6.07) is 6.10. The number of amides is 1. The summed E-state index contributed by atoms with van der Waals surface area (Å²) in [5, 5.41) is 3.60. The number of aromatic nitrogens is 4. The van der Waals surface area contributed by atoms with Gasteiger partial charge < -0.3 is 10.2 Å². The molecule has 0 radical (unpaired) electrons. The third-order valence-corrected chi connectivity index (χ3v) is 6.54. The zero-order valence-corrected chi connectivity index (χ0v) is 18.0. The van der Waals surface area contributed by atoms with Crippen LogP contribution in [0.2, 0.25) is 5.15 Å². The molecule has 3 aromatic heterocycles. The lowest BCUT2D eigenvalue weighted by molar-refractivity contribution is 0.0768. The van der Waals surface area contributed by atoms with Gasteiger partial charge in [-0.1, -0.05) is 11.6 Å². The van der Waals surface area contributed by atoms with Gasteiger partial charge in [0.25, 0.3) is 11.5 Å². The molecule has 4 heterocycles. The first-order valence-corrected chi connectivity index (χ1v) is 10.6. The monoisotopic (exact) mass is 454 g/mol. The SMILES string of the molecule is Cn1c(NCC2C3CN(C(=O)c4ccc(Cl)nc4)CC23)nc(-c2ccncc2F)cc1=O. The molecule has 1 saturated heterocycles. The molecule has 32 heavy (non-hydrogen) atoms. The highest BCUT2D eigenvalue weighted by Crippen LogP contribution is 2.51. The Labute approximate surface area is 188 Å². The second-order valence-corrected chi connectivity index (χ2v) is 8.56. The zero-order valence-electron chi connectivity index (χ0n) is 17.2. The number of rotatable bonds is 5. The Hall–Kier alpha value is -3.33. The molecule has 0 aromatic carbocycles. The molecule has 1 saturated carbocycles. The maximum absolute atomic E-state index is 14.1. The van der Waals surface area contributed by atoms with Gasteiger partial charge in [0.1, 0.15) is 5.15 Å². The highest BCUT2D eigenvalue weighted by Gasteiger charge is 2.56. The molecular formula is C22H20ClFN6O2. The molecule has 1 N–H and O–H groups in total. The van der Waals surface area contributed by atoms with Crippen molar-refractivity contribution in [1.29, 1.82) is 0 Å². The first kappa shape index (κ1) is 20.6. The predicted molar refractivity (Wildman–Crippen MR) is 117 cm³/mol. The molecule has 2 unspecified atom stereocenters. The summed E-state index contributed by atoms with van der Waals surface area (Å²) in [5.74, 6) is 1.02. The zero-order chi connectivity index (χ0) is 22.4. The number of carbonyl (C=O) groups excluding carboxylic acids is 1. The van der Waals surface area contributed by atoms with E-state index in [1.165, 1.54) is 29.1 Å². The molecule has 0 spiro atoms. The van der Waals surface area contributed by atoms with Crippen LogP contribution in [0.1, 0.15) is 10.4 Å². The van der Waals surface area contributed by atoms with E-state index in [1.807, 2.05) is 4.90 Å². The molecule has 164 valence electrons. The van der Waals surface area contributed by atoms with E-state index in [0.29, 0.717) is 54.1 Å². The van der Waals surface area contributed by atoms with Crippen molar-refractivity contribution in [1.82, 2.24) is 24.4 Å². The van der Waals surface area contributed by atoms with Gasteiger partial charge in [-0.3, -0.25) is 19.1 Å². The molecule has 2 fully saturated rings. The summed E-state index contributed by atoms with van der Waals surface area (Å²) in [6.45, 7) is 2.00. The Morgan fingerprint density at radius 3 is 2.72 bits per heavy atom. The highest BCUT2D eigenvalue weighted by molar-refractivity contribution is 6.29. The minimum absolute atomic E-state index is 0.0378. The Balaban J connectivity index is 1.23. The van der Waals surface area contributed by atoms with Crippen LogP contribution in [0.3, 0.4) is 0 Å². The van der Waals surface area contributed by atoms with Gasteiger partial charge in [0.15, 0.2) is 5.82 Å². The lowest BCUT2D eigenvalue weighted by atomic mass is 10.2. The number of hydrogen-bond acceptors (Lipinski definition) is 6. The summed E-state index contributed by atoms with van der Waals surface area (Å²) in [5.41, 5.74) is 0.748. The van der Waals surface area contributed by atoms with Crippen LogP contribution in [0.4, 0.5) is 10.3 Å². The van der Waals surface area contributed by atoms with Gasteiger partial charge in [0, 0.05) is 50.7 Å². The van der Waals surface area contributed by atoms with Gasteiger partial charge in [-0.15, -0.1) is 0 Å². The number of likely N-dealkylation sites (tertiary alicyclic amines) is 1. The van der Waals surface area contributed by atoms with Gasteiger partial charge in [0.05, 0.1) is 17.5 Å². The third kappa shape index (κ3) is 3.73. The van der Waals surface area contributed by atoms with Crippen LogP contribution in [0.5, 0.6) is 0 Å².